The fourth-order valence-electron chi connectivity index (χ4n) is 6.71. The van der Waals surface area contributed by atoms with Crippen LogP contribution in [0.15, 0.2) is 12.2 Å². The second kappa shape index (κ2) is 15.7. The van der Waals surface area contributed by atoms with Gasteiger partial charge in [-0.25, -0.2) is 0 Å². The van der Waals surface area contributed by atoms with Gasteiger partial charge in [0, 0.05) is 32.0 Å². The number of hydrogen-bond donors (Lipinski definition) is 1. The van der Waals surface area contributed by atoms with Gasteiger partial charge in [0.1, 0.15) is 0 Å². The van der Waals surface area contributed by atoms with E-state index in [1.807, 2.05) is 0 Å². The molecule has 3 heterocycles. The van der Waals surface area contributed by atoms with Crippen molar-refractivity contribution in [2.75, 3.05) is 13.2 Å². The minimum atomic E-state index is -0.715. The van der Waals surface area contributed by atoms with Crippen LogP contribution in [0.5, 0.6) is 0 Å². The zero-order valence-electron chi connectivity index (χ0n) is 23.8. The van der Waals surface area contributed by atoms with Gasteiger partial charge in [-0.3, -0.25) is 4.79 Å². The topological polar surface area (TPSA) is 83.5 Å². The summed E-state index contributed by atoms with van der Waals surface area (Å²) < 4.78 is 31.6. The Balaban J connectivity index is 1.42. The molecule has 218 valence electrons. The van der Waals surface area contributed by atoms with E-state index in [9.17, 15) is 4.79 Å². The zero-order chi connectivity index (χ0) is 26.7. The van der Waals surface area contributed by atoms with E-state index in [-0.39, 0.29) is 49.3 Å². The molecule has 7 heteroatoms. The molecular formula is C31H52O7. The lowest BCUT2D eigenvalue weighted by molar-refractivity contribution is -0.194. The number of ether oxygens (including phenoxy) is 5. The maximum Gasteiger partial charge on any atom is 0.303 e. The molecule has 0 aromatic carbocycles. The lowest BCUT2D eigenvalue weighted by atomic mass is 9.88. The van der Waals surface area contributed by atoms with Gasteiger partial charge >= 0.3 is 5.97 Å². The van der Waals surface area contributed by atoms with Gasteiger partial charge in [0.15, 0.2) is 12.6 Å². The van der Waals surface area contributed by atoms with Crippen molar-refractivity contribution in [2.45, 2.75) is 147 Å². The van der Waals surface area contributed by atoms with Gasteiger partial charge in [-0.1, -0.05) is 45.3 Å². The summed E-state index contributed by atoms with van der Waals surface area (Å²) in [5.74, 6) is 0.401. The van der Waals surface area contributed by atoms with Crippen LogP contribution < -0.4 is 0 Å². The molecule has 3 aliphatic heterocycles. The van der Waals surface area contributed by atoms with Gasteiger partial charge in [0.2, 0.25) is 0 Å². The van der Waals surface area contributed by atoms with E-state index in [0.29, 0.717) is 11.8 Å². The molecule has 0 spiro atoms. The molecule has 0 amide bonds. The van der Waals surface area contributed by atoms with Gasteiger partial charge < -0.3 is 28.8 Å². The fourth-order valence-corrected chi connectivity index (χ4v) is 6.71. The van der Waals surface area contributed by atoms with Gasteiger partial charge in [0.05, 0.1) is 24.4 Å². The van der Waals surface area contributed by atoms with E-state index in [1.165, 1.54) is 19.3 Å². The second-order valence-corrected chi connectivity index (χ2v) is 12.0. The predicted molar refractivity (Wildman–Crippen MR) is 146 cm³/mol. The number of fused-ring (bicyclic) bond motifs is 1. The minimum absolute atomic E-state index is 0.0319. The number of carboxylic acids is 1. The summed E-state index contributed by atoms with van der Waals surface area (Å²) in [4.78, 5) is 10.9. The summed E-state index contributed by atoms with van der Waals surface area (Å²) in [5.41, 5.74) is 0. The van der Waals surface area contributed by atoms with E-state index < -0.39 is 5.97 Å². The molecule has 1 aliphatic carbocycles. The first kappa shape index (κ1) is 30.0. The first-order valence-electron chi connectivity index (χ1n) is 15.6. The summed E-state index contributed by atoms with van der Waals surface area (Å²) in [6.45, 7) is 6.13. The minimum Gasteiger partial charge on any atom is -0.481 e. The highest BCUT2D eigenvalue weighted by molar-refractivity contribution is 5.66. The largest absolute Gasteiger partial charge is 0.481 e. The molecule has 1 N–H and O–H groups in total. The predicted octanol–water partition coefficient (Wildman–Crippen LogP) is 6.63. The molecule has 4 fully saturated rings. The van der Waals surface area contributed by atoms with E-state index in [1.54, 1.807) is 0 Å². The van der Waals surface area contributed by atoms with Crippen molar-refractivity contribution in [1.29, 1.82) is 0 Å². The van der Waals surface area contributed by atoms with E-state index in [4.69, 9.17) is 28.8 Å². The average molecular weight is 537 g/mol. The maximum atomic E-state index is 10.9. The molecule has 0 radical (unpaired) electrons. The molecule has 3 saturated heterocycles. The molecule has 0 bridgehead atoms. The molecule has 0 aromatic rings. The standard InChI is InChI=1S/C31H52O7/c1-3-4-11-22(2)26(37-30-14-7-9-18-34-30)17-16-24-25-20-23(12-5-6-13-29(32)33)36-28(25)21-27(24)38-31-15-8-10-19-35-31/h16-17,22-28,30-31H,3-15,18-21H2,1-2H3,(H,32,33)/b17-16+/t22-,23?,24+,25+,26+,27+,28+,30?,31?/m0/s1. The molecule has 4 rings (SSSR count). The van der Waals surface area contributed by atoms with Crippen molar-refractivity contribution in [3.8, 4) is 0 Å². The third kappa shape index (κ3) is 9.02. The molecule has 38 heavy (non-hydrogen) atoms. The van der Waals surface area contributed by atoms with Crippen LogP contribution >= 0.6 is 0 Å². The number of unbranched alkanes of at least 4 members (excludes halogenated alkanes) is 2. The monoisotopic (exact) mass is 536 g/mol. The number of carbonyl (C=O) groups is 1. The quantitative estimate of drug-likeness (QED) is 0.186. The van der Waals surface area contributed by atoms with Crippen LogP contribution in [0.1, 0.15) is 110 Å². The Kier molecular flexibility index (Phi) is 12.4. The zero-order valence-corrected chi connectivity index (χ0v) is 23.8. The average Bonchev–Trinajstić information content (AvgIpc) is 3.46. The highest BCUT2D eigenvalue weighted by Gasteiger charge is 2.49. The van der Waals surface area contributed by atoms with Crippen molar-refractivity contribution in [3.05, 3.63) is 12.2 Å². The number of carboxylic acid groups (broad SMARTS) is 1. The summed E-state index contributed by atoms with van der Waals surface area (Å²) in [7, 11) is 0. The first-order valence-corrected chi connectivity index (χ1v) is 15.6. The van der Waals surface area contributed by atoms with E-state index >= 15 is 0 Å². The van der Waals surface area contributed by atoms with Gasteiger partial charge in [0.25, 0.3) is 0 Å². The SMILES string of the molecule is CCCC[C@H](C)[C@@H](/C=C/[C@@H]1[C@H]2CC(CCCCC(=O)O)O[C@@H]2C[C@H]1OC1CCCCO1)OC1CCCCO1. The fraction of sp³-hybridized carbons (Fsp3) is 0.903. The molecule has 0 aromatic heterocycles. The van der Waals surface area contributed by atoms with Crippen LogP contribution in [-0.4, -0.2) is 61.3 Å². The number of rotatable bonds is 15. The van der Waals surface area contributed by atoms with Crippen LogP contribution in [0.25, 0.3) is 0 Å². The third-order valence-corrected chi connectivity index (χ3v) is 8.94. The normalized spacial score (nSPS) is 35.4. The highest BCUT2D eigenvalue weighted by Crippen LogP contribution is 2.47. The van der Waals surface area contributed by atoms with Gasteiger partial charge in [-0.15, -0.1) is 0 Å². The van der Waals surface area contributed by atoms with Crippen molar-refractivity contribution in [3.63, 3.8) is 0 Å². The van der Waals surface area contributed by atoms with Crippen LogP contribution in [0.2, 0.25) is 0 Å². The molecule has 9 atom stereocenters. The Hall–Kier alpha value is -0.990. The Morgan fingerprint density at radius 3 is 2.47 bits per heavy atom. The number of aliphatic carboxylic acids is 1. The Bertz CT molecular complexity index is 715. The van der Waals surface area contributed by atoms with Crippen LogP contribution in [-0.2, 0) is 28.5 Å². The van der Waals surface area contributed by atoms with Crippen molar-refractivity contribution >= 4 is 5.97 Å². The molecule has 7 nitrogen and oxygen atoms in total. The van der Waals surface area contributed by atoms with Crippen molar-refractivity contribution in [2.24, 2.45) is 17.8 Å². The third-order valence-electron chi connectivity index (χ3n) is 8.94. The smallest absolute Gasteiger partial charge is 0.303 e. The Morgan fingerprint density at radius 2 is 1.79 bits per heavy atom. The lowest BCUT2D eigenvalue weighted by Gasteiger charge is -2.31. The van der Waals surface area contributed by atoms with E-state index in [2.05, 4.69) is 26.0 Å². The number of hydrogen-bond acceptors (Lipinski definition) is 6. The second-order valence-electron chi connectivity index (χ2n) is 12.0. The van der Waals surface area contributed by atoms with Crippen molar-refractivity contribution < 1.29 is 33.6 Å². The Labute approximate surface area is 229 Å². The maximum absolute atomic E-state index is 10.9. The summed E-state index contributed by atoms with van der Waals surface area (Å²) in [5, 5.41) is 8.95. The summed E-state index contributed by atoms with van der Waals surface area (Å²) in [6.07, 6.45) is 19.8. The summed E-state index contributed by atoms with van der Waals surface area (Å²) >= 11 is 0. The lowest BCUT2D eigenvalue weighted by Crippen LogP contribution is -2.32. The summed E-state index contributed by atoms with van der Waals surface area (Å²) in [6, 6.07) is 0. The highest BCUT2D eigenvalue weighted by atomic mass is 16.7. The first-order chi connectivity index (χ1) is 18.5. The Morgan fingerprint density at radius 1 is 1.03 bits per heavy atom. The molecule has 1 saturated carbocycles. The van der Waals surface area contributed by atoms with Crippen LogP contribution in [0, 0.1) is 17.8 Å². The van der Waals surface area contributed by atoms with Crippen LogP contribution in [0.3, 0.4) is 0 Å². The van der Waals surface area contributed by atoms with E-state index in [0.717, 1.165) is 83.8 Å². The van der Waals surface area contributed by atoms with Gasteiger partial charge in [-0.2, -0.15) is 0 Å². The van der Waals surface area contributed by atoms with Crippen LogP contribution in [0.4, 0.5) is 0 Å². The van der Waals surface area contributed by atoms with Crippen molar-refractivity contribution in [1.82, 2.24) is 0 Å². The molecular weight excluding hydrogens is 484 g/mol. The van der Waals surface area contributed by atoms with Gasteiger partial charge in [-0.05, 0) is 76.0 Å². The molecule has 3 unspecified atom stereocenters. The molecule has 4 aliphatic rings.